The van der Waals surface area contributed by atoms with Gasteiger partial charge in [-0.2, -0.15) is 0 Å². The lowest BCUT2D eigenvalue weighted by atomic mass is 10.1. The van der Waals surface area contributed by atoms with Crippen molar-refractivity contribution in [2.45, 2.75) is 52.2 Å². The van der Waals surface area contributed by atoms with Gasteiger partial charge in [-0.3, -0.25) is 4.90 Å². The van der Waals surface area contributed by atoms with Crippen LogP contribution in [-0.2, 0) is 4.74 Å². The number of hydrogen-bond acceptors (Lipinski definition) is 3. The Morgan fingerprint density at radius 3 is 2.27 bits per heavy atom. The van der Waals surface area contributed by atoms with E-state index in [0.717, 1.165) is 39.0 Å². The van der Waals surface area contributed by atoms with Gasteiger partial charge in [-0.25, -0.2) is 0 Å². The summed E-state index contributed by atoms with van der Waals surface area (Å²) in [6, 6.07) is 0.576. The van der Waals surface area contributed by atoms with E-state index in [-0.39, 0.29) is 6.10 Å². The van der Waals surface area contributed by atoms with Gasteiger partial charge in [-0.05, 0) is 46.6 Å². The Morgan fingerprint density at radius 2 is 1.80 bits per heavy atom. The van der Waals surface area contributed by atoms with Crippen LogP contribution in [0.5, 0.6) is 0 Å². The van der Waals surface area contributed by atoms with E-state index < -0.39 is 0 Å². The molecule has 0 aromatic carbocycles. The molecule has 0 fully saturated rings. The molecule has 0 aliphatic carbocycles. The van der Waals surface area contributed by atoms with E-state index in [2.05, 4.69) is 18.7 Å². The molecule has 0 spiro atoms. The molecule has 0 radical (unpaired) electrons. The molecule has 1 unspecified atom stereocenters. The first kappa shape index (κ1) is 14.9. The SMILES string of the molecule is COCCN(CCCCC(C)O)C(C)C. The lowest BCUT2D eigenvalue weighted by Gasteiger charge is -2.26. The van der Waals surface area contributed by atoms with Crippen molar-refractivity contribution < 1.29 is 9.84 Å². The minimum atomic E-state index is -0.156. The Balaban J connectivity index is 3.57. The van der Waals surface area contributed by atoms with Crippen molar-refractivity contribution in [3.63, 3.8) is 0 Å². The van der Waals surface area contributed by atoms with Gasteiger partial charge < -0.3 is 9.84 Å². The van der Waals surface area contributed by atoms with Crippen LogP contribution in [0.25, 0.3) is 0 Å². The van der Waals surface area contributed by atoms with Crippen LogP contribution in [0.15, 0.2) is 0 Å². The number of ether oxygens (including phenoxy) is 1. The van der Waals surface area contributed by atoms with Crippen LogP contribution in [0.2, 0.25) is 0 Å². The van der Waals surface area contributed by atoms with Gasteiger partial charge in [0.2, 0.25) is 0 Å². The van der Waals surface area contributed by atoms with Crippen molar-refractivity contribution in [1.82, 2.24) is 4.90 Å². The van der Waals surface area contributed by atoms with E-state index in [1.807, 2.05) is 6.92 Å². The molecule has 0 saturated carbocycles. The zero-order valence-electron chi connectivity index (χ0n) is 10.7. The fraction of sp³-hybridized carbons (Fsp3) is 1.00. The molecular formula is C12H27NO2. The van der Waals surface area contributed by atoms with E-state index >= 15 is 0 Å². The van der Waals surface area contributed by atoms with Crippen LogP contribution < -0.4 is 0 Å². The van der Waals surface area contributed by atoms with Crippen LogP contribution in [0.4, 0.5) is 0 Å². The first-order chi connectivity index (χ1) is 7.07. The van der Waals surface area contributed by atoms with Gasteiger partial charge in [-0.1, -0.05) is 0 Å². The first-order valence-electron chi connectivity index (χ1n) is 5.99. The van der Waals surface area contributed by atoms with E-state index in [9.17, 15) is 0 Å². The number of hydrogen-bond donors (Lipinski definition) is 1. The number of rotatable bonds is 9. The summed E-state index contributed by atoms with van der Waals surface area (Å²) in [6.07, 6.45) is 3.02. The molecule has 0 bridgehead atoms. The molecule has 0 rings (SSSR count). The summed E-state index contributed by atoms with van der Waals surface area (Å²) in [6.45, 7) is 9.19. The van der Waals surface area contributed by atoms with E-state index in [0.29, 0.717) is 6.04 Å². The highest BCUT2D eigenvalue weighted by atomic mass is 16.5. The smallest absolute Gasteiger partial charge is 0.0589 e. The van der Waals surface area contributed by atoms with Crippen molar-refractivity contribution in [3.05, 3.63) is 0 Å². The van der Waals surface area contributed by atoms with E-state index in [1.54, 1.807) is 7.11 Å². The topological polar surface area (TPSA) is 32.7 Å². The maximum atomic E-state index is 9.13. The van der Waals surface area contributed by atoms with Gasteiger partial charge in [0, 0.05) is 19.7 Å². The Morgan fingerprint density at radius 1 is 1.13 bits per heavy atom. The Labute approximate surface area is 94.4 Å². The molecular weight excluding hydrogens is 190 g/mol. The molecule has 15 heavy (non-hydrogen) atoms. The quantitative estimate of drug-likeness (QED) is 0.599. The molecule has 0 aliphatic heterocycles. The molecule has 0 amide bonds. The predicted molar refractivity (Wildman–Crippen MR) is 64.1 cm³/mol. The Kier molecular flexibility index (Phi) is 9.06. The van der Waals surface area contributed by atoms with Crippen molar-refractivity contribution in [2.24, 2.45) is 0 Å². The zero-order valence-corrected chi connectivity index (χ0v) is 10.7. The molecule has 0 heterocycles. The van der Waals surface area contributed by atoms with E-state index in [4.69, 9.17) is 9.84 Å². The zero-order chi connectivity index (χ0) is 11.7. The average molecular weight is 217 g/mol. The predicted octanol–water partition coefficient (Wildman–Crippen LogP) is 1.89. The van der Waals surface area contributed by atoms with Gasteiger partial charge in [0.05, 0.1) is 12.7 Å². The largest absolute Gasteiger partial charge is 0.393 e. The van der Waals surface area contributed by atoms with Gasteiger partial charge in [0.15, 0.2) is 0 Å². The standard InChI is InChI=1S/C12H27NO2/c1-11(2)13(9-10-15-4)8-6-5-7-12(3)14/h11-12,14H,5-10H2,1-4H3. The van der Waals surface area contributed by atoms with Crippen LogP contribution >= 0.6 is 0 Å². The second-order valence-corrected chi connectivity index (χ2v) is 4.47. The van der Waals surface area contributed by atoms with Crippen molar-refractivity contribution in [2.75, 3.05) is 26.8 Å². The van der Waals surface area contributed by atoms with Crippen molar-refractivity contribution in [3.8, 4) is 0 Å². The lowest BCUT2D eigenvalue weighted by molar-refractivity contribution is 0.125. The minimum Gasteiger partial charge on any atom is -0.393 e. The third-order valence-corrected chi connectivity index (χ3v) is 2.63. The summed E-state index contributed by atoms with van der Waals surface area (Å²) in [7, 11) is 1.74. The molecule has 3 nitrogen and oxygen atoms in total. The second-order valence-electron chi connectivity index (χ2n) is 4.47. The summed E-state index contributed by atoms with van der Waals surface area (Å²) >= 11 is 0. The van der Waals surface area contributed by atoms with Crippen LogP contribution in [-0.4, -0.2) is 49.0 Å². The van der Waals surface area contributed by atoms with Crippen molar-refractivity contribution >= 4 is 0 Å². The maximum absolute atomic E-state index is 9.13. The van der Waals surface area contributed by atoms with Gasteiger partial charge >= 0.3 is 0 Å². The molecule has 1 atom stereocenters. The fourth-order valence-corrected chi connectivity index (χ4v) is 1.59. The highest BCUT2D eigenvalue weighted by Gasteiger charge is 2.08. The van der Waals surface area contributed by atoms with Gasteiger partial charge in [0.1, 0.15) is 0 Å². The first-order valence-corrected chi connectivity index (χ1v) is 5.99. The number of nitrogens with zero attached hydrogens (tertiary/aromatic N) is 1. The van der Waals surface area contributed by atoms with Crippen LogP contribution in [0.1, 0.15) is 40.0 Å². The Bertz CT molecular complexity index is 138. The number of aliphatic hydroxyl groups excluding tert-OH is 1. The molecule has 0 aliphatic rings. The second kappa shape index (κ2) is 9.13. The summed E-state index contributed by atoms with van der Waals surface area (Å²) in [5, 5.41) is 9.13. The highest BCUT2D eigenvalue weighted by Crippen LogP contribution is 2.05. The monoisotopic (exact) mass is 217 g/mol. The highest BCUT2D eigenvalue weighted by molar-refractivity contribution is 4.63. The molecule has 1 N–H and O–H groups in total. The minimum absolute atomic E-state index is 0.156. The molecule has 92 valence electrons. The third kappa shape index (κ3) is 8.85. The summed E-state index contributed by atoms with van der Waals surface area (Å²) < 4.78 is 5.09. The van der Waals surface area contributed by atoms with Crippen LogP contribution in [0, 0.1) is 0 Å². The van der Waals surface area contributed by atoms with Crippen molar-refractivity contribution in [1.29, 1.82) is 0 Å². The maximum Gasteiger partial charge on any atom is 0.0589 e. The summed E-state index contributed by atoms with van der Waals surface area (Å²) in [5.74, 6) is 0. The molecule has 0 aromatic rings. The number of aliphatic hydroxyl groups is 1. The fourth-order valence-electron chi connectivity index (χ4n) is 1.59. The molecule has 3 heteroatoms. The summed E-state index contributed by atoms with van der Waals surface area (Å²) in [4.78, 5) is 2.42. The van der Waals surface area contributed by atoms with Gasteiger partial charge in [0.25, 0.3) is 0 Å². The Hall–Kier alpha value is -0.120. The average Bonchev–Trinajstić information content (AvgIpc) is 2.15. The lowest BCUT2D eigenvalue weighted by Crippen LogP contribution is -2.34. The van der Waals surface area contributed by atoms with Gasteiger partial charge in [-0.15, -0.1) is 0 Å². The summed E-state index contributed by atoms with van der Waals surface area (Å²) in [5.41, 5.74) is 0. The van der Waals surface area contributed by atoms with E-state index in [1.165, 1.54) is 0 Å². The normalized spacial score (nSPS) is 13.8. The number of unbranched alkanes of at least 4 members (excludes halogenated alkanes) is 1. The van der Waals surface area contributed by atoms with Crippen LogP contribution in [0.3, 0.4) is 0 Å². The number of methoxy groups -OCH3 is 1. The molecule has 0 aromatic heterocycles. The molecule has 0 saturated heterocycles. The third-order valence-electron chi connectivity index (χ3n) is 2.63.